The minimum Gasteiger partial charge on any atom is -0.480 e. The van der Waals surface area contributed by atoms with E-state index in [0.29, 0.717) is 0 Å². The number of benzene rings is 1. The summed E-state index contributed by atoms with van der Waals surface area (Å²) in [6, 6.07) is 2.53. The molecule has 8 heteroatoms. The maximum absolute atomic E-state index is 13.1. The second-order valence-electron chi connectivity index (χ2n) is 2.77. The third kappa shape index (κ3) is 2.74. The van der Waals surface area contributed by atoms with Crippen LogP contribution >= 0.6 is 0 Å². The van der Waals surface area contributed by atoms with E-state index in [1.54, 1.807) is 4.72 Å². The fraction of sp³-hybridized carbons (Fsp3) is 0.125. The molecule has 1 aromatic rings. The monoisotopic (exact) mass is 251 g/mol. The molecule has 0 spiro atoms. The van der Waals surface area contributed by atoms with Crippen LogP contribution in [0.25, 0.3) is 0 Å². The molecule has 0 aliphatic heterocycles. The van der Waals surface area contributed by atoms with Crippen LogP contribution in [-0.4, -0.2) is 26.0 Å². The molecule has 0 unspecified atom stereocenters. The molecule has 0 aromatic heterocycles. The highest BCUT2D eigenvalue weighted by Crippen LogP contribution is 2.17. The predicted octanol–water partition coefficient (Wildman–Crippen LogP) is 0.328. The van der Waals surface area contributed by atoms with Crippen LogP contribution < -0.4 is 4.72 Å². The Labute approximate surface area is 89.8 Å². The molecular weight excluding hydrogens is 244 g/mol. The van der Waals surface area contributed by atoms with Crippen molar-refractivity contribution < 1.29 is 27.1 Å². The van der Waals surface area contributed by atoms with Gasteiger partial charge in [-0.05, 0) is 12.1 Å². The first-order valence-electron chi connectivity index (χ1n) is 4.00. The van der Waals surface area contributed by atoms with Gasteiger partial charge in [-0.25, -0.2) is 17.2 Å². The molecule has 2 N–H and O–H groups in total. The van der Waals surface area contributed by atoms with E-state index in [4.69, 9.17) is 5.11 Å². The number of carboxylic acids is 1. The van der Waals surface area contributed by atoms with Crippen molar-refractivity contribution in [2.45, 2.75) is 4.90 Å². The molecule has 1 aromatic carbocycles. The summed E-state index contributed by atoms with van der Waals surface area (Å²) in [5, 5.41) is 8.25. The van der Waals surface area contributed by atoms with Gasteiger partial charge in [0.1, 0.15) is 18.2 Å². The molecule has 0 bridgehead atoms. The van der Waals surface area contributed by atoms with Gasteiger partial charge in [-0.1, -0.05) is 6.07 Å². The second kappa shape index (κ2) is 4.54. The predicted molar refractivity (Wildman–Crippen MR) is 49.2 cm³/mol. The van der Waals surface area contributed by atoms with Crippen LogP contribution in [0.3, 0.4) is 0 Å². The number of aliphatic carboxylic acids is 1. The zero-order valence-corrected chi connectivity index (χ0v) is 8.59. The Hall–Kier alpha value is -1.54. The number of sulfonamides is 1. The van der Waals surface area contributed by atoms with Crippen LogP contribution in [0.4, 0.5) is 8.78 Å². The number of rotatable bonds is 4. The van der Waals surface area contributed by atoms with Crippen molar-refractivity contribution in [2.75, 3.05) is 6.54 Å². The molecule has 5 nitrogen and oxygen atoms in total. The topological polar surface area (TPSA) is 83.5 Å². The average Bonchev–Trinajstić information content (AvgIpc) is 2.14. The first-order chi connectivity index (χ1) is 7.34. The van der Waals surface area contributed by atoms with E-state index in [2.05, 4.69) is 0 Å². The van der Waals surface area contributed by atoms with Gasteiger partial charge in [-0.2, -0.15) is 4.72 Å². The molecule has 1 rings (SSSR count). The van der Waals surface area contributed by atoms with Gasteiger partial charge in [0, 0.05) is 0 Å². The van der Waals surface area contributed by atoms with Crippen molar-refractivity contribution in [2.24, 2.45) is 0 Å². The highest BCUT2D eigenvalue weighted by Gasteiger charge is 2.23. The quantitative estimate of drug-likeness (QED) is 0.807. The van der Waals surface area contributed by atoms with Gasteiger partial charge >= 0.3 is 5.97 Å². The lowest BCUT2D eigenvalue weighted by molar-refractivity contribution is -0.135. The molecule has 0 aliphatic rings. The zero-order chi connectivity index (χ0) is 12.3. The molecule has 0 aliphatic carbocycles. The fourth-order valence-electron chi connectivity index (χ4n) is 0.968. The SMILES string of the molecule is O=C(O)CNS(=O)(=O)c1c(F)cccc1F. The number of carboxylic acid groups (broad SMARTS) is 1. The fourth-order valence-corrected chi connectivity index (χ4v) is 2.08. The third-order valence-corrected chi connectivity index (χ3v) is 3.05. The standard InChI is InChI=1S/C8H7F2NO4S/c9-5-2-1-3-6(10)8(5)16(14,15)11-4-7(12)13/h1-3,11H,4H2,(H,12,13). The van der Waals surface area contributed by atoms with Gasteiger partial charge < -0.3 is 5.11 Å². The van der Waals surface area contributed by atoms with Gasteiger partial charge in [0.15, 0.2) is 4.90 Å². The van der Waals surface area contributed by atoms with Crippen LogP contribution in [0, 0.1) is 11.6 Å². The van der Waals surface area contributed by atoms with E-state index in [9.17, 15) is 22.0 Å². The van der Waals surface area contributed by atoms with Crippen LogP contribution in [0.2, 0.25) is 0 Å². The van der Waals surface area contributed by atoms with Crippen molar-refractivity contribution in [3.05, 3.63) is 29.8 Å². The number of halogens is 2. The Morgan fingerprint density at radius 1 is 1.31 bits per heavy atom. The van der Waals surface area contributed by atoms with Gasteiger partial charge in [-0.15, -0.1) is 0 Å². The Morgan fingerprint density at radius 3 is 2.25 bits per heavy atom. The molecule has 0 atom stereocenters. The normalized spacial score (nSPS) is 11.4. The summed E-state index contributed by atoms with van der Waals surface area (Å²) in [6.45, 7) is -0.948. The number of hydrogen-bond acceptors (Lipinski definition) is 3. The van der Waals surface area contributed by atoms with E-state index in [1.807, 2.05) is 0 Å². The van der Waals surface area contributed by atoms with E-state index >= 15 is 0 Å². The van der Waals surface area contributed by atoms with Crippen molar-refractivity contribution in [3.8, 4) is 0 Å². The van der Waals surface area contributed by atoms with Gasteiger partial charge in [0.2, 0.25) is 10.0 Å². The molecule has 0 saturated carbocycles. The van der Waals surface area contributed by atoms with Crippen LogP contribution in [-0.2, 0) is 14.8 Å². The summed E-state index contributed by atoms with van der Waals surface area (Å²) < 4.78 is 50.3. The zero-order valence-electron chi connectivity index (χ0n) is 7.78. The highest BCUT2D eigenvalue weighted by atomic mass is 32.2. The largest absolute Gasteiger partial charge is 0.480 e. The minimum atomic E-state index is -4.50. The lowest BCUT2D eigenvalue weighted by Gasteiger charge is -2.06. The third-order valence-electron chi connectivity index (χ3n) is 1.60. The summed E-state index contributed by atoms with van der Waals surface area (Å²) >= 11 is 0. The minimum absolute atomic E-state index is 0.762. The average molecular weight is 251 g/mol. The second-order valence-corrected chi connectivity index (χ2v) is 4.47. The van der Waals surface area contributed by atoms with Crippen molar-refractivity contribution in [1.29, 1.82) is 0 Å². The maximum atomic E-state index is 13.1. The Bertz CT molecular complexity index is 495. The molecule has 0 saturated heterocycles. The van der Waals surface area contributed by atoms with E-state index in [0.717, 1.165) is 18.2 Å². The summed E-state index contributed by atoms with van der Waals surface area (Å²) in [4.78, 5) is 8.95. The van der Waals surface area contributed by atoms with Gasteiger partial charge in [0.05, 0.1) is 0 Å². The summed E-state index contributed by atoms with van der Waals surface area (Å²) in [6.07, 6.45) is 0. The summed E-state index contributed by atoms with van der Waals surface area (Å²) in [7, 11) is -4.50. The summed E-state index contributed by atoms with van der Waals surface area (Å²) in [5.41, 5.74) is 0. The first kappa shape index (κ1) is 12.5. The smallest absolute Gasteiger partial charge is 0.318 e. The van der Waals surface area contributed by atoms with Crippen LogP contribution in [0.15, 0.2) is 23.1 Å². The van der Waals surface area contributed by atoms with Crippen molar-refractivity contribution in [1.82, 2.24) is 4.72 Å². The van der Waals surface area contributed by atoms with Crippen LogP contribution in [0.5, 0.6) is 0 Å². The Balaban J connectivity index is 3.12. The van der Waals surface area contributed by atoms with E-state index in [-0.39, 0.29) is 0 Å². The molecule has 0 amide bonds. The van der Waals surface area contributed by atoms with E-state index < -0.39 is 39.1 Å². The Kier molecular flexibility index (Phi) is 3.55. The summed E-state index contributed by atoms with van der Waals surface area (Å²) in [5.74, 6) is -4.02. The maximum Gasteiger partial charge on any atom is 0.318 e. The molecule has 88 valence electrons. The number of nitrogens with one attached hydrogen (secondary N) is 1. The van der Waals surface area contributed by atoms with E-state index in [1.165, 1.54) is 0 Å². The molecule has 0 radical (unpaired) electrons. The Morgan fingerprint density at radius 2 is 1.81 bits per heavy atom. The lowest BCUT2D eigenvalue weighted by Crippen LogP contribution is -2.30. The van der Waals surface area contributed by atoms with Crippen LogP contribution in [0.1, 0.15) is 0 Å². The first-order valence-corrected chi connectivity index (χ1v) is 5.48. The molecule has 16 heavy (non-hydrogen) atoms. The number of hydrogen-bond donors (Lipinski definition) is 2. The molecule has 0 heterocycles. The van der Waals surface area contributed by atoms with Gasteiger partial charge in [0.25, 0.3) is 0 Å². The molecular formula is C8H7F2NO4S. The highest BCUT2D eigenvalue weighted by molar-refractivity contribution is 7.89. The van der Waals surface area contributed by atoms with Gasteiger partial charge in [-0.3, -0.25) is 4.79 Å². The number of carbonyl (C=O) groups is 1. The molecule has 0 fully saturated rings. The lowest BCUT2D eigenvalue weighted by atomic mass is 10.3. The van der Waals surface area contributed by atoms with Crippen molar-refractivity contribution >= 4 is 16.0 Å². The van der Waals surface area contributed by atoms with Crippen molar-refractivity contribution in [3.63, 3.8) is 0 Å².